The quantitative estimate of drug-likeness (QED) is 0.601. The Morgan fingerprint density at radius 1 is 1.06 bits per heavy atom. The van der Waals surface area contributed by atoms with Gasteiger partial charge in [0, 0.05) is 43.7 Å². The largest absolute Gasteiger partial charge is 0.339 e. The maximum atomic E-state index is 13.7. The topological polar surface area (TPSA) is 62.5 Å². The SMILES string of the molecule is Cc1ccc(-c2noc(CCCN3CCN(C(=O)c4ccc(F)cc4)CC3)n2)cc1F. The maximum Gasteiger partial charge on any atom is 0.253 e. The molecule has 31 heavy (non-hydrogen) atoms. The van der Waals surface area contributed by atoms with Crippen LogP contribution in [0.2, 0.25) is 0 Å². The van der Waals surface area contributed by atoms with Crippen LogP contribution in [-0.4, -0.2) is 58.6 Å². The summed E-state index contributed by atoms with van der Waals surface area (Å²) in [5.74, 6) is 0.218. The van der Waals surface area contributed by atoms with Gasteiger partial charge in [0.1, 0.15) is 11.6 Å². The monoisotopic (exact) mass is 426 g/mol. The van der Waals surface area contributed by atoms with Gasteiger partial charge in [-0.15, -0.1) is 0 Å². The van der Waals surface area contributed by atoms with Crippen LogP contribution in [0.5, 0.6) is 0 Å². The lowest BCUT2D eigenvalue weighted by Crippen LogP contribution is -2.48. The Hall–Kier alpha value is -3.13. The molecule has 1 aliphatic rings. The van der Waals surface area contributed by atoms with Gasteiger partial charge in [0.15, 0.2) is 0 Å². The fourth-order valence-corrected chi connectivity index (χ4v) is 3.61. The predicted molar refractivity (Wildman–Crippen MR) is 111 cm³/mol. The van der Waals surface area contributed by atoms with E-state index in [-0.39, 0.29) is 17.5 Å². The number of carbonyl (C=O) groups is 1. The molecule has 0 radical (unpaired) electrons. The van der Waals surface area contributed by atoms with Crippen molar-refractivity contribution >= 4 is 5.91 Å². The molecule has 0 saturated carbocycles. The first-order chi connectivity index (χ1) is 15.0. The lowest BCUT2D eigenvalue weighted by Gasteiger charge is -2.34. The van der Waals surface area contributed by atoms with Gasteiger partial charge in [-0.3, -0.25) is 9.69 Å². The average Bonchev–Trinajstić information content (AvgIpc) is 3.25. The molecule has 1 amide bonds. The molecule has 1 aliphatic heterocycles. The third-order valence-corrected chi connectivity index (χ3v) is 5.51. The Balaban J connectivity index is 1.22. The number of carbonyl (C=O) groups excluding carboxylic acids is 1. The molecule has 2 aromatic carbocycles. The summed E-state index contributed by atoms with van der Waals surface area (Å²) in [5.41, 5.74) is 1.68. The van der Waals surface area contributed by atoms with E-state index < -0.39 is 0 Å². The number of amides is 1. The number of hydrogen-bond donors (Lipinski definition) is 0. The van der Waals surface area contributed by atoms with Gasteiger partial charge in [-0.2, -0.15) is 4.98 Å². The number of benzene rings is 2. The number of piperazine rings is 1. The summed E-state index contributed by atoms with van der Waals surface area (Å²) in [6.45, 7) is 5.41. The van der Waals surface area contributed by atoms with Crippen molar-refractivity contribution in [2.75, 3.05) is 32.7 Å². The molecule has 8 heteroatoms. The molecule has 162 valence electrons. The first kappa shape index (κ1) is 21.1. The third kappa shape index (κ3) is 5.14. The van der Waals surface area contributed by atoms with E-state index in [1.165, 1.54) is 30.3 Å². The highest BCUT2D eigenvalue weighted by atomic mass is 19.1. The minimum atomic E-state index is -0.347. The molecule has 3 aromatic rings. The third-order valence-electron chi connectivity index (χ3n) is 5.51. The van der Waals surface area contributed by atoms with Gasteiger partial charge in [-0.1, -0.05) is 17.3 Å². The molecule has 0 N–H and O–H groups in total. The van der Waals surface area contributed by atoms with Crippen LogP contribution >= 0.6 is 0 Å². The van der Waals surface area contributed by atoms with Gasteiger partial charge in [0.25, 0.3) is 5.91 Å². The van der Waals surface area contributed by atoms with Gasteiger partial charge in [0.2, 0.25) is 11.7 Å². The van der Waals surface area contributed by atoms with Crippen LogP contribution in [0, 0.1) is 18.6 Å². The van der Waals surface area contributed by atoms with Crippen molar-refractivity contribution in [2.45, 2.75) is 19.8 Å². The van der Waals surface area contributed by atoms with Crippen molar-refractivity contribution < 1.29 is 18.1 Å². The van der Waals surface area contributed by atoms with Crippen LogP contribution < -0.4 is 0 Å². The van der Waals surface area contributed by atoms with Crippen molar-refractivity contribution in [3.63, 3.8) is 0 Å². The Morgan fingerprint density at radius 2 is 1.81 bits per heavy atom. The molecule has 0 unspecified atom stereocenters. The van der Waals surface area contributed by atoms with E-state index >= 15 is 0 Å². The molecule has 4 rings (SSSR count). The van der Waals surface area contributed by atoms with Gasteiger partial charge in [-0.25, -0.2) is 8.78 Å². The number of aryl methyl sites for hydroxylation is 2. The zero-order chi connectivity index (χ0) is 21.8. The van der Waals surface area contributed by atoms with Gasteiger partial charge >= 0.3 is 0 Å². The highest BCUT2D eigenvalue weighted by Gasteiger charge is 2.22. The van der Waals surface area contributed by atoms with E-state index in [1.807, 2.05) is 0 Å². The molecule has 0 atom stereocenters. The van der Waals surface area contributed by atoms with Crippen LogP contribution in [0.15, 0.2) is 47.0 Å². The number of hydrogen-bond acceptors (Lipinski definition) is 5. The van der Waals surface area contributed by atoms with Gasteiger partial charge < -0.3 is 9.42 Å². The molecule has 1 fully saturated rings. The first-order valence-electron chi connectivity index (χ1n) is 10.4. The minimum absolute atomic E-state index is 0.0643. The summed E-state index contributed by atoms with van der Waals surface area (Å²) >= 11 is 0. The standard InChI is InChI=1S/C23H24F2N4O2/c1-16-4-5-18(15-20(16)25)22-26-21(31-27-22)3-2-10-28-11-13-29(14-12-28)23(30)17-6-8-19(24)9-7-17/h4-9,15H,2-3,10-14H2,1H3. The average molecular weight is 426 g/mol. The maximum absolute atomic E-state index is 13.7. The molecule has 0 bridgehead atoms. The van der Waals surface area contributed by atoms with Crippen LogP contribution in [0.4, 0.5) is 8.78 Å². The summed E-state index contributed by atoms with van der Waals surface area (Å²) in [6.07, 6.45) is 1.48. The molecule has 2 heterocycles. The summed E-state index contributed by atoms with van der Waals surface area (Å²) in [6, 6.07) is 10.5. The van der Waals surface area contributed by atoms with Crippen molar-refractivity contribution in [2.24, 2.45) is 0 Å². The van der Waals surface area contributed by atoms with Crippen molar-refractivity contribution in [1.29, 1.82) is 0 Å². The molecule has 1 saturated heterocycles. The highest BCUT2D eigenvalue weighted by Crippen LogP contribution is 2.19. The van der Waals surface area contributed by atoms with Crippen molar-refractivity contribution in [3.05, 3.63) is 71.1 Å². The fraction of sp³-hybridized carbons (Fsp3) is 0.348. The lowest BCUT2D eigenvalue weighted by molar-refractivity contribution is 0.0635. The van der Waals surface area contributed by atoms with E-state index in [0.717, 1.165) is 26.1 Å². The number of rotatable bonds is 6. The summed E-state index contributed by atoms with van der Waals surface area (Å²) < 4.78 is 32.1. The van der Waals surface area contributed by atoms with E-state index in [2.05, 4.69) is 15.0 Å². The molecule has 0 aliphatic carbocycles. The normalized spacial score (nSPS) is 14.7. The van der Waals surface area contributed by atoms with Crippen LogP contribution in [0.25, 0.3) is 11.4 Å². The Bertz CT molecular complexity index is 1040. The number of nitrogens with zero attached hydrogens (tertiary/aromatic N) is 4. The Kier molecular flexibility index (Phi) is 6.36. The molecule has 1 aromatic heterocycles. The summed E-state index contributed by atoms with van der Waals surface area (Å²) in [4.78, 5) is 21.0. The van der Waals surface area contributed by atoms with Crippen molar-refractivity contribution in [1.82, 2.24) is 19.9 Å². The minimum Gasteiger partial charge on any atom is -0.339 e. The molecule has 6 nitrogen and oxygen atoms in total. The lowest BCUT2D eigenvalue weighted by atomic mass is 10.1. The van der Waals surface area contributed by atoms with E-state index in [4.69, 9.17) is 4.52 Å². The Morgan fingerprint density at radius 3 is 2.52 bits per heavy atom. The number of halogens is 2. The van der Waals surface area contributed by atoms with E-state index in [0.29, 0.717) is 47.9 Å². The van der Waals surface area contributed by atoms with Crippen LogP contribution in [0.1, 0.15) is 28.2 Å². The van der Waals surface area contributed by atoms with Gasteiger partial charge in [0.05, 0.1) is 0 Å². The summed E-state index contributed by atoms with van der Waals surface area (Å²) in [7, 11) is 0. The second-order valence-corrected chi connectivity index (χ2v) is 7.72. The molecule has 0 spiro atoms. The smallest absolute Gasteiger partial charge is 0.253 e. The first-order valence-corrected chi connectivity index (χ1v) is 10.4. The van der Waals surface area contributed by atoms with Crippen LogP contribution in [0.3, 0.4) is 0 Å². The molecular formula is C23H24F2N4O2. The molecular weight excluding hydrogens is 402 g/mol. The zero-order valence-electron chi connectivity index (χ0n) is 17.4. The zero-order valence-corrected chi connectivity index (χ0v) is 17.4. The van der Waals surface area contributed by atoms with Gasteiger partial charge in [-0.05, 0) is 55.8 Å². The Labute approximate surface area is 179 Å². The fourth-order valence-electron chi connectivity index (χ4n) is 3.61. The van der Waals surface area contributed by atoms with Crippen LogP contribution in [-0.2, 0) is 6.42 Å². The highest BCUT2D eigenvalue weighted by molar-refractivity contribution is 5.94. The van der Waals surface area contributed by atoms with E-state index in [9.17, 15) is 13.6 Å². The second kappa shape index (κ2) is 9.34. The predicted octanol–water partition coefficient (Wildman–Crippen LogP) is 3.71. The van der Waals surface area contributed by atoms with Crippen molar-refractivity contribution in [3.8, 4) is 11.4 Å². The second-order valence-electron chi connectivity index (χ2n) is 7.72. The summed E-state index contributed by atoms with van der Waals surface area (Å²) in [5, 5.41) is 3.95. The number of aromatic nitrogens is 2. The van der Waals surface area contributed by atoms with E-state index in [1.54, 1.807) is 24.0 Å².